The van der Waals surface area contributed by atoms with Gasteiger partial charge in [0.25, 0.3) is 5.91 Å². The molecule has 1 heterocycles. The van der Waals surface area contributed by atoms with Gasteiger partial charge in [0.1, 0.15) is 5.82 Å². The molecule has 6 heteroatoms. The summed E-state index contributed by atoms with van der Waals surface area (Å²) in [5.74, 6) is 1.19. The normalized spacial score (nSPS) is 9.95. The van der Waals surface area contributed by atoms with E-state index in [4.69, 9.17) is 21.1 Å². The number of amides is 1. The zero-order valence-corrected chi connectivity index (χ0v) is 11.8. The zero-order valence-electron chi connectivity index (χ0n) is 11.0. The Balaban J connectivity index is 2.18. The van der Waals surface area contributed by atoms with E-state index in [1.54, 1.807) is 30.3 Å². The Morgan fingerprint density at radius 1 is 1.15 bits per heavy atom. The first-order valence-electron chi connectivity index (χ1n) is 5.79. The number of pyridine rings is 1. The molecule has 0 radical (unpaired) electrons. The van der Waals surface area contributed by atoms with Gasteiger partial charge in [-0.1, -0.05) is 11.6 Å². The molecule has 0 aliphatic heterocycles. The summed E-state index contributed by atoms with van der Waals surface area (Å²) in [6, 6.07) is 8.19. The maximum Gasteiger partial charge on any atom is 0.256 e. The van der Waals surface area contributed by atoms with Crippen molar-refractivity contribution in [2.45, 2.75) is 0 Å². The number of hydrogen-bond donors (Lipinski definition) is 1. The smallest absolute Gasteiger partial charge is 0.256 e. The highest BCUT2D eigenvalue weighted by Gasteiger charge is 2.11. The molecular weight excluding hydrogens is 280 g/mol. The molecule has 0 unspecified atom stereocenters. The predicted octanol–water partition coefficient (Wildman–Crippen LogP) is 3.00. The fourth-order valence-electron chi connectivity index (χ4n) is 1.62. The Morgan fingerprint density at radius 2 is 1.90 bits per heavy atom. The molecule has 0 bridgehead atoms. The summed E-state index contributed by atoms with van der Waals surface area (Å²) in [7, 11) is 3.05. The monoisotopic (exact) mass is 292 g/mol. The number of nitrogens with zero attached hydrogens (tertiary/aromatic N) is 1. The second kappa shape index (κ2) is 6.25. The van der Waals surface area contributed by atoms with Gasteiger partial charge in [-0.2, -0.15) is 0 Å². The lowest BCUT2D eigenvalue weighted by molar-refractivity contribution is 0.102. The highest BCUT2D eigenvalue weighted by Crippen LogP contribution is 2.27. The first-order chi connectivity index (χ1) is 9.63. The van der Waals surface area contributed by atoms with Crippen LogP contribution in [-0.2, 0) is 0 Å². The second-order valence-corrected chi connectivity index (χ2v) is 4.32. The zero-order chi connectivity index (χ0) is 14.5. The third kappa shape index (κ3) is 3.19. The van der Waals surface area contributed by atoms with Gasteiger partial charge in [0, 0.05) is 11.8 Å². The SMILES string of the molecule is COc1ccc(C(=O)Nc2ccc(Cl)cn2)cc1OC. The molecule has 0 saturated carbocycles. The van der Waals surface area contributed by atoms with Crippen LogP contribution >= 0.6 is 11.6 Å². The number of carbonyl (C=O) groups excluding carboxylic acids is 1. The summed E-state index contributed by atoms with van der Waals surface area (Å²) >= 11 is 5.73. The quantitative estimate of drug-likeness (QED) is 0.941. The van der Waals surface area contributed by atoms with Gasteiger partial charge in [-0.25, -0.2) is 4.98 Å². The number of carbonyl (C=O) groups is 1. The van der Waals surface area contributed by atoms with Crippen LogP contribution in [0.1, 0.15) is 10.4 Å². The van der Waals surface area contributed by atoms with Crippen LogP contribution in [0.2, 0.25) is 5.02 Å². The van der Waals surface area contributed by atoms with Crippen molar-refractivity contribution in [2.24, 2.45) is 0 Å². The number of methoxy groups -OCH3 is 2. The van der Waals surface area contributed by atoms with E-state index >= 15 is 0 Å². The van der Waals surface area contributed by atoms with Crippen molar-refractivity contribution in [3.05, 3.63) is 47.1 Å². The van der Waals surface area contributed by atoms with Crippen LogP contribution in [0.15, 0.2) is 36.5 Å². The van der Waals surface area contributed by atoms with Crippen molar-refractivity contribution in [2.75, 3.05) is 19.5 Å². The number of ether oxygens (including phenoxy) is 2. The third-order valence-corrected chi connectivity index (χ3v) is 2.84. The van der Waals surface area contributed by atoms with Crippen LogP contribution in [0.3, 0.4) is 0 Å². The minimum Gasteiger partial charge on any atom is -0.493 e. The highest BCUT2D eigenvalue weighted by molar-refractivity contribution is 6.30. The van der Waals surface area contributed by atoms with Crippen LogP contribution < -0.4 is 14.8 Å². The predicted molar refractivity (Wildman–Crippen MR) is 76.7 cm³/mol. The topological polar surface area (TPSA) is 60.5 Å². The van der Waals surface area contributed by atoms with Gasteiger partial charge in [0.2, 0.25) is 0 Å². The Labute approximate surface area is 121 Å². The van der Waals surface area contributed by atoms with Crippen molar-refractivity contribution >= 4 is 23.3 Å². The number of benzene rings is 1. The van der Waals surface area contributed by atoms with Gasteiger partial charge in [-0.3, -0.25) is 4.79 Å². The molecule has 2 aromatic rings. The first-order valence-corrected chi connectivity index (χ1v) is 6.17. The number of aromatic nitrogens is 1. The molecule has 0 spiro atoms. The van der Waals surface area contributed by atoms with Crippen molar-refractivity contribution < 1.29 is 14.3 Å². The van der Waals surface area contributed by atoms with E-state index < -0.39 is 0 Å². The molecular formula is C14H13ClN2O3. The Bertz CT molecular complexity index is 614. The summed E-state index contributed by atoms with van der Waals surface area (Å²) in [4.78, 5) is 16.1. The lowest BCUT2D eigenvalue weighted by Gasteiger charge is -2.09. The molecule has 20 heavy (non-hydrogen) atoms. The van der Waals surface area contributed by atoms with Gasteiger partial charge in [0.05, 0.1) is 19.2 Å². The summed E-state index contributed by atoms with van der Waals surface area (Å²) < 4.78 is 10.3. The summed E-state index contributed by atoms with van der Waals surface area (Å²) in [6.45, 7) is 0. The molecule has 1 N–H and O–H groups in total. The third-order valence-electron chi connectivity index (χ3n) is 2.61. The molecule has 0 saturated heterocycles. The van der Waals surface area contributed by atoms with Gasteiger partial charge < -0.3 is 14.8 Å². The van der Waals surface area contributed by atoms with Gasteiger partial charge in [-0.05, 0) is 30.3 Å². The van der Waals surface area contributed by atoms with E-state index in [9.17, 15) is 4.79 Å². The molecule has 2 rings (SSSR count). The number of rotatable bonds is 4. The highest BCUT2D eigenvalue weighted by atomic mass is 35.5. The largest absolute Gasteiger partial charge is 0.493 e. The van der Waals surface area contributed by atoms with Crippen LogP contribution in [0.25, 0.3) is 0 Å². The maximum absolute atomic E-state index is 12.1. The lowest BCUT2D eigenvalue weighted by atomic mass is 10.2. The number of halogens is 1. The second-order valence-electron chi connectivity index (χ2n) is 3.89. The van der Waals surface area contributed by atoms with Crippen LogP contribution in [0.5, 0.6) is 11.5 Å². The van der Waals surface area contributed by atoms with E-state index in [1.807, 2.05) is 0 Å². The molecule has 1 aromatic carbocycles. The summed E-state index contributed by atoms with van der Waals surface area (Å²) in [6.07, 6.45) is 1.46. The van der Waals surface area contributed by atoms with Gasteiger partial charge in [-0.15, -0.1) is 0 Å². The minimum atomic E-state index is -0.291. The molecule has 1 aromatic heterocycles. The van der Waals surface area contributed by atoms with Gasteiger partial charge in [0.15, 0.2) is 11.5 Å². The van der Waals surface area contributed by atoms with E-state index in [0.717, 1.165) is 0 Å². The summed E-state index contributed by atoms with van der Waals surface area (Å²) in [5.41, 5.74) is 0.444. The summed E-state index contributed by atoms with van der Waals surface area (Å²) in [5, 5.41) is 3.18. The Hall–Kier alpha value is -2.27. The van der Waals surface area contributed by atoms with Crippen molar-refractivity contribution in [1.82, 2.24) is 4.98 Å². The Morgan fingerprint density at radius 3 is 2.50 bits per heavy atom. The fraction of sp³-hybridized carbons (Fsp3) is 0.143. The van der Waals surface area contributed by atoms with Crippen molar-refractivity contribution in [3.8, 4) is 11.5 Å². The molecule has 1 amide bonds. The van der Waals surface area contributed by atoms with E-state index in [0.29, 0.717) is 27.9 Å². The fourth-order valence-corrected chi connectivity index (χ4v) is 1.73. The van der Waals surface area contributed by atoms with Crippen LogP contribution in [0.4, 0.5) is 5.82 Å². The molecule has 0 fully saturated rings. The average molecular weight is 293 g/mol. The van der Waals surface area contributed by atoms with Crippen LogP contribution in [-0.4, -0.2) is 25.1 Å². The average Bonchev–Trinajstić information content (AvgIpc) is 2.48. The maximum atomic E-state index is 12.1. The first kappa shape index (κ1) is 14.1. The van der Waals surface area contributed by atoms with Crippen LogP contribution in [0, 0.1) is 0 Å². The Kier molecular flexibility index (Phi) is 4.42. The van der Waals surface area contributed by atoms with E-state index in [2.05, 4.69) is 10.3 Å². The number of nitrogens with one attached hydrogen (secondary N) is 1. The van der Waals surface area contributed by atoms with Gasteiger partial charge >= 0.3 is 0 Å². The van der Waals surface area contributed by atoms with Crippen molar-refractivity contribution in [3.63, 3.8) is 0 Å². The number of anilines is 1. The standard InChI is InChI=1S/C14H13ClN2O3/c1-19-11-5-3-9(7-12(11)20-2)14(18)17-13-6-4-10(15)8-16-13/h3-8H,1-2H3,(H,16,17,18). The van der Waals surface area contributed by atoms with E-state index in [-0.39, 0.29) is 5.91 Å². The molecule has 0 atom stereocenters. The molecule has 104 valence electrons. The molecule has 0 aliphatic rings. The van der Waals surface area contributed by atoms with E-state index in [1.165, 1.54) is 20.4 Å². The van der Waals surface area contributed by atoms with Crippen molar-refractivity contribution in [1.29, 1.82) is 0 Å². The molecule has 0 aliphatic carbocycles. The molecule has 5 nitrogen and oxygen atoms in total. The lowest BCUT2D eigenvalue weighted by Crippen LogP contribution is -2.13. The minimum absolute atomic E-state index is 0.291. The number of hydrogen-bond acceptors (Lipinski definition) is 4.